The Kier molecular flexibility index (Phi) is 4.71. The maximum atomic E-state index is 12.6. The lowest BCUT2D eigenvalue weighted by atomic mass is 9.79. The lowest BCUT2D eigenvalue weighted by molar-refractivity contribution is -0.117. The van der Waals surface area contributed by atoms with E-state index in [9.17, 15) is 9.59 Å². The Morgan fingerprint density at radius 3 is 2.69 bits per heavy atom. The van der Waals surface area contributed by atoms with Gasteiger partial charge in [-0.3, -0.25) is 9.59 Å². The van der Waals surface area contributed by atoms with E-state index in [0.29, 0.717) is 23.0 Å². The smallest absolute Gasteiger partial charge is 0.252 e. The molecule has 2 aromatic rings. The molecule has 2 heterocycles. The zero-order chi connectivity index (χ0) is 20.7. The molecule has 1 saturated carbocycles. The van der Waals surface area contributed by atoms with Gasteiger partial charge in [0.2, 0.25) is 5.91 Å². The molecule has 3 N–H and O–H groups in total. The van der Waals surface area contributed by atoms with Crippen LogP contribution in [0.25, 0.3) is 4.85 Å². The van der Waals surface area contributed by atoms with Crippen LogP contribution in [0.3, 0.4) is 0 Å². The Balaban J connectivity index is 1.85. The van der Waals surface area contributed by atoms with Crippen molar-refractivity contribution in [3.63, 3.8) is 0 Å². The lowest BCUT2D eigenvalue weighted by Gasteiger charge is -2.46. The van der Waals surface area contributed by atoms with Crippen LogP contribution in [-0.4, -0.2) is 22.8 Å². The maximum absolute atomic E-state index is 12.6. The molecule has 0 bridgehead atoms. The molecule has 1 aromatic carbocycles. The highest BCUT2D eigenvalue weighted by Crippen LogP contribution is 2.50. The molecule has 0 spiro atoms. The first-order valence-electron chi connectivity index (χ1n) is 9.75. The van der Waals surface area contributed by atoms with Crippen molar-refractivity contribution in [1.82, 2.24) is 4.98 Å². The van der Waals surface area contributed by atoms with Crippen molar-refractivity contribution in [2.45, 2.75) is 38.8 Å². The van der Waals surface area contributed by atoms with Crippen molar-refractivity contribution in [1.29, 1.82) is 0 Å². The lowest BCUT2D eigenvalue weighted by Crippen LogP contribution is -2.51. The molecule has 0 saturated heterocycles. The summed E-state index contributed by atoms with van der Waals surface area (Å²) in [5.74, 6) is 0.374. The first kappa shape index (κ1) is 18.9. The SMILES string of the molecule is [C-]#[N+]c1ccc2c(c1)[C@H](Nc1ncccc1C(N)=O)[C@@H](C)[C@H](C1CC1)N2C(C)=O. The van der Waals surface area contributed by atoms with Crippen LogP contribution in [0.1, 0.15) is 48.7 Å². The molecule has 1 aromatic heterocycles. The molecule has 3 atom stereocenters. The summed E-state index contributed by atoms with van der Waals surface area (Å²) in [4.78, 5) is 34.2. The third-order valence-electron chi connectivity index (χ3n) is 5.91. The van der Waals surface area contributed by atoms with E-state index in [0.717, 1.165) is 24.1 Å². The fraction of sp³-hybridized carbons (Fsp3) is 0.364. The maximum Gasteiger partial charge on any atom is 0.252 e. The highest BCUT2D eigenvalue weighted by molar-refractivity contribution is 5.98. The van der Waals surface area contributed by atoms with E-state index < -0.39 is 5.91 Å². The summed E-state index contributed by atoms with van der Waals surface area (Å²) >= 11 is 0. The largest absolute Gasteiger partial charge is 0.365 e. The minimum atomic E-state index is -0.552. The molecular formula is C22H23N5O2. The first-order chi connectivity index (χ1) is 13.9. The Hall–Kier alpha value is -3.40. The number of fused-ring (bicyclic) bond motifs is 1. The van der Waals surface area contributed by atoms with Crippen molar-refractivity contribution in [3.05, 3.63) is 59.1 Å². The van der Waals surface area contributed by atoms with Crippen molar-refractivity contribution in [3.8, 4) is 0 Å². The first-order valence-corrected chi connectivity index (χ1v) is 9.75. The van der Waals surface area contributed by atoms with Crippen molar-refractivity contribution < 1.29 is 9.59 Å². The van der Waals surface area contributed by atoms with Crippen LogP contribution in [-0.2, 0) is 4.79 Å². The van der Waals surface area contributed by atoms with Crippen LogP contribution in [0.2, 0.25) is 0 Å². The monoisotopic (exact) mass is 389 g/mol. The number of carbonyl (C=O) groups is 2. The van der Waals surface area contributed by atoms with Gasteiger partial charge in [-0.15, -0.1) is 0 Å². The molecule has 7 heteroatoms. The van der Waals surface area contributed by atoms with Gasteiger partial charge in [0, 0.05) is 30.8 Å². The molecule has 4 rings (SSSR count). The Morgan fingerprint density at radius 2 is 2.07 bits per heavy atom. The van der Waals surface area contributed by atoms with Crippen LogP contribution < -0.4 is 16.0 Å². The second-order valence-corrected chi connectivity index (χ2v) is 7.82. The summed E-state index contributed by atoms with van der Waals surface area (Å²) < 4.78 is 0. The number of primary amides is 1. The van der Waals surface area contributed by atoms with Crippen LogP contribution in [0.5, 0.6) is 0 Å². The topological polar surface area (TPSA) is 92.7 Å². The molecule has 0 radical (unpaired) electrons. The van der Waals surface area contributed by atoms with Crippen LogP contribution in [0.15, 0.2) is 36.5 Å². The number of rotatable bonds is 4. The van der Waals surface area contributed by atoms with Crippen LogP contribution in [0.4, 0.5) is 17.2 Å². The predicted molar refractivity (Wildman–Crippen MR) is 111 cm³/mol. The van der Waals surface area contributed by atoms with Crippen molar-refractivity contribution in [2.75, 3.05) is 10.2 Å². The third-order valence-corrected chi connectivity index (χ3v) is 5.91. The highest BCUT2D eigenvalue weighted by atomic mass is 16.2. The number of nitrogens with two attached hydrogens (primary N) is 1. The van der Waals surface area contributed by atoms with E-state index in [4.69, 9.17) is 12.3 Å². The Bertz CT molecular complexity index is 1020. The third kappa shape index (κ3) is 3.31. The molecule has 0 unspecified atom stereocenters. The quantitative estimate of drug-likeness (QED) is 0.781. The number of amides is 2. The molecule has 2 amide bonds. The number of hydrogen-bond acceptors (Lipinski definition) is 4. The average molecular weight is 389 g/mol. The van der Waals surface area contributed by atoms with Gasteiger partial charge in [-0.1, -0.05) is 13.0 Å². The molecular weight excluding hydrogens is 366 g/mol. The average Bonchev–Trinajstić information content (AvgIpc) is 3.54. The number of nitrogens with zero attached hydrogens (tertiary/aromatic N) is 3. The summed E-state index contributed by atoms with van der Waals surface area (Å²) in [6, 6.07) is 8.58. The summed E-state index contributed by atoms with van der Waals surface area (Å²) in [5, 5.41) is 3.41. The summed E-state index contributed by atoms with van der Waals surface area (Å²) in [6.45, 7) is 11.1. The van der Waals surface area contributed by atoms with E-state index in [1.807, 2.05) is 17.0 Å². The number of pyridine rings is 1. The van der Waals surface area contributed by atoms with Gasteiger partial charge in [0.05, 0.1) is 18.2 Å². The van der Waals surface area contributed by atoms with Gasteiger partial charge >= 0.3 is 0 Å². The van der Waals surface area contributed by atoms with Crippen molar-refractivity contribution in [2.24, 2.45) is 17.6 Å². The summed E-state index contributed by atoms with van der Waals surface area (Å²) in [7, 11) is 0. The number of carbonyl (C=O) groups excluding carboxylic acids is 2. The van der Waals surface area contributed by atoms with Gasteiger partial charge in [-0.25, -0.2) is 9.83 Å². The molecule has 29 heavy (non-hydrogen) atoms. The van der Waals surface area contributed by atoms with Gasteiger partial charge in [0.15, 0.2) is 5.69 Å². The molecule has 2 aliphatic rings. The molecule has 148 valence electrons. The van der Waals surface area contributed by atoms with E-state index in [1.54, 1.807) is 31.3 Å². The fourth-order valence-electron chi connectivity index (χ4n) is 4.49. The van der Waals surface area contributed by atoms with Gasteiger partial charge in [-0.05, 0) is 48.6 Å². The molecule has 7 nitrogen and oxygen atoms in total. The highest BCUT2D eigenvalue weighted by Gasteiger charge is 2.47. The summed E-state index contributed by atoms with van der Waals surface area (Å²) in [6.07, 6.45) is 3.80. The van der Waals surface area contributed by atoms with E-state index >= 15 is 0 Å². The van der Waals surface area contributed by atoms with E-state index in [1.165, 1.54) is 0 Å². The van der Waals surface area contributed by atoms with Crippen LogP contribution >= 0.6 is 0 Å². The summed E-state index contributed by atoms with van der Waals surface area (Å²) in [5.41, 5.74) is 8.03. The predicted octanol–water partition coefficient (Wildman–Crippen LogP) is 3.67. The van der Waals surface area contributed by atoms with Crippen molar-refractivity contribution >= 4 is 29.0 Å². The van der Waals surface area contributed by atoms with E-state index in [-0.39, 0.29) is 23.9 Å². The number of hydrogen-bond donors (Lipinski definition) is 2. The molecule has 1 aliphatic carbocycles. The second-order valence-electron chi connectivity index (χ2n) is 7.82. The fourth-order valence-corrected chi connectivity index (χ4v) is 4.49. The minimum absolute atomic E-state index is 0.000302. The number of anilines is 2. The Morgan fingerprint density at radius 1 is 1.31 bits per heavy atom. The molecule has 1 aliphatic heterocycles. The molecule has 1 fully saturated rings. The Labute approximate surface area is 169 Å². The number of benzene rings is 1. The van der Waals surface area contributed by atoms with Crippen LogP contribution in [0, 0.1) is 18.4 Å². The second kappa shape index (κ2) is 7.21. The number of aromatic nitrogens is 1. The standard InChI is InChI=1S/C22H23N5O2/c1-12-19(26-22-16(21(23)29)5-4-10-25-22)17-11-15(24-3)8-9-18(17)27(13(2)28)20(12)14-6-7-14/h4-5,8-12,14,19-20H,6-7H2,1-2H3,(H2,23,29)(H,25,26)/t12-,19-,20-/m1/s1. The zero-order valence-corrected chi connectivity index (χ0v) is 16.4. The number of nitrogens with one attached hydrogen (secondary N) is 1. The van der Waals surface area contributed by atoms with E-state index in [2.05, 4.69) is 22.1 Å². The normalized spacial score (nSPS) is 23.1. The van der Waals surface area contributed by atoms with Gasteiger partial charge in [-0.2, -0.15) is 0 Å². The van der Waals surface area contributed by atoms with Gasteiger partial charge < -0.3 is 16.0 Å². The van der Waals surface area contributed by atoms with Gasteiger partial charge in [0.1, 0.15) is 5.82 Å². The van der Waals surface area contributed by atoms with Gasteiger partial charge in [0.25, 0.3) is 5.91 Å². The zero-order valence-electron chi connectivity index (χ0n) is 16.4. The minimum Gasteiger partial charge on any atom is -0.365 e.